The molecule has 0 fully saturated rings. The number of hydrogen-bond acceptors (Lipinski definition) is 6. The van der Waals surface area contributed by atoms with E-state index in [9.17, 15) is 9.18 Å². The topological polar surface area (TPSA) is 82.3 Å². The lowest BCUT2D eigenvalue weighted by Crippen LogP contribution is -2.18. The molecule has 0 saturated carbocycles. The minimum absolute atomic E-state index is 0.281. The molecule has 0 atom stereocenters. The average Bonchev–Trinajstić information content (AvgIpc) is 3.21. The number of benzene rings is 2. The van der Waals surface area contributed by atoms with E-state index in [1.165, 1.54) is 51.8 Å². The lowest BCUT2D eigenvalue weighted by molar-refractivity contribution is 0.0954. The van der Waals surface area contributed by atoms with Crippen molar-refractivity contribution in [2.24, 2.45) is 5.10 Å². The molecule has 0 unspecified atom stereocenters. The number of carbonyl (C=O) groups is 1. The Balaban J connectivity index is 1.71. The Labute approximate surface area is 166 Å². The molecule has 2 aromatic carbocycles. The fraction of sp³-hybridized carbons (Fsp3) is 0.143. The largest absolute Gasteiger partial charge is 0.493 e. The van der Waals surface area contributed by atoms with Crippen LogP contribution in [-0.4, -0.2) is 33.5 Å². The second kappa shape index (κ2) is 8.92. The number of halogens is 1. The molecule has 0 aliphatic rings. The standard InChI is InChI=1S/C21H19FN2O5/c1-26-18-10-14(11-19(27-2)20(18)28-3)21(25)24-23-12-16-8-9-17(29-16)13-4-6-15(22)7-5-13/h4-12H,1-3H3,(H,24,25). The van der Waals surface area contributed by atoms with Crippen LogP contribution in [-0.2, 0) is 0 Å². The van der Waals surface area contributed by atoms with Gasteiger partial charge in [-0.05, 0) is 48.5 Å². The number of carbonyl (C=O) groups excluding carboxylic acids is 1. The molecule has 3 aromatic rings. The first-order chi connectivity index (χ1) is 14.0. The van der Waals surface area contributed by atoms with Gasteiger partial charge in [0.05, 0.1) is 27.5 Å². The minimum atomic E-state index is -0.467. The van der Waals surface area contributed by atoms with Gasteiger partial charge in [-0.3, -0.25) is 4.79 Å². The first-order valence-corrected chi connectivity index (χ1v) is 8.55. The van der Waals surface area contributed by atoms with Crippen molar-refractivity contribution in [1.29, 1.82) is 0 Å². The van der Waals surface area contributed by atoms with Gasteiger partial charge in [-0.15, -0.1) is 0 Å². The number of nitrogens with zero attached hydrogens (tertiary/aromatic N) is 1. The van der Waals surface area contributed by atoms with E-state index in [-0.39, 0.29) is 11.4 Å². The van der Waals surface area contributed by atoms with Gasteiger partial charge in [0.25, 0.3) is 5.91 Å². The maximum absolute atomic E-state index is 13.0. The van der Waals surface area contributed by atoms with E-state index in [0.717, 1.165) is 5.56 Å². The summed E-state index contributed by atoms with van der Waals surface area (Å²) >= 11 is 0. The Morgan fingerprint density at radius 1 is 1.00 bits per heavy atom. The van der Waals surface area contributed by atoms with Gasteiger partial charge in [0.2, 0.25) is 5.75 Å². The highest BCUT2D eigenvalue weighted by molar-refractivity contribution is 5.96. The Morgan fingerprint density at radius 2 is 1.66 bits per heavy atom. The van der Waals surface area contributed by atoms with Gasteiger partial charge in [0.1, 0.15) is 17.3 Å². The van der Waals surface area contributed by atoms with Crippen molar-refractivity contribution < 1.29 is 27.8 Å². The van der Waals surface area contributed by atoms with Gasteiger partial charge >= 0.3 is 0 Å². The van der Waals surface area contributed by atoms with Gasteiger partial charge in [-0.2, -0.15) is 5.10 Å². The molecular formula is C21H19FN2O5. The van der Waals surface area contributed by atoms with Crippen molar-refractivity contribution in [2.75, 3.05) is 21.3 Å². The highest BCUT2D eigenvalue weighted by Gasteiger charge is 2.16. The highest BCUT2D eigenvalue weighted by atomic mass is 19.1. The van der Waals surface area contributed by atoms with E-state index in [0.29, 0.717) is 28.8 Å². The summed E-state index contributed by atoms with van der Waals surface area (Å²) in [5.41, 5.74) is 3.42. The summed E-state index contributed by atoms with van der Waals surface area (Å²) < 4.78 is 34.3. The van der Waals surface area contributed by atoms with E-state index >= 15 is 0 Å². The lowest BCUT2D eigenvalue weighted by Gasteiger charge is -2.13. The highest BCUT2D eigenvalue weighted by Crippen LogP contribution is 2.38. The zero-order valence-electron chi connectivity index (χ0n) is 16.1. The van der Waals surface area contributed by atoms with Crippen LogP contribution in [0.1, 0.15) is 16.1 Å². The number of amides is 1. The number of furan rings is 1. The number of ether oxygens (including phenoxy) is 3. The third-order valence-corrected chi connectivity index (χ3v) is 4.04. The van der Waals surface area contributed by atoms with Crippen LogP contribution in [0.4, 0.5) is 4.39 Å². The predicted octanol–water partition coefficient (Wildman–Crippen LogP) is 3.88. The van der Waals surface area contributed by atoms with Crippen LogP contribution in [0.2, 0.25) is 0 Å². The molecule has 1 N–H and O–H groups in total. The third-order valence-electron chi connectivity index (χ3n) is 4.04. The molecule has 0 saturated heterocycles. The maximum Gasteiger partial charge on any atom is 0.271 e. The first-order valence-electron chi connectivity index (χ1n) is 8.55. The fourth-order valence-corrected chi connectivity index (χ4v) is 2.62. The molecule has 3 rings (SSSR count). The van der Waals surface area contributed by atoms with Crippen LogP contribution in [0, 0.1) is 5.82 Å². The zero-order chi connectivity index (χ0) is 20.8. The maximum atomic E-state index is 13.0. The summed E-state index contributed by atoms with van der Waals surface area (Å²) in [6.07, 6.45) is 1.36. The van der Waals surface area contributed by atoms with Crippen LogP contribution in [0.25, 0.3) is 11.3 Å². The van der Waals surface area contributed by atoms with Crippen molar-refractivity contribution in [3.63, 3.8) is 0 Å². The summed E-state index contributed by atoms with van der Waals surface area (Å²) in [7, 11) is 4.41. The molecule has 1 aromatic heterocycles. The third kappa shape index (κ3) is 4.55. The smallest absolute Gasteiger partial charge is 0.271 e. The van der Waals surface area contributed by atoms with E-state index in [4.69, 9.17) is 18.6 Å². The molecule has 0 radical (unpaired) electrons. The number of methoxy groups -OCH3 is 3. The molecule has 1 heterocycles. The van der Waals surface area contributed by atoms with Gasteiger partial charge in [-0.1, -0.05) is 0 Å². The Kier molecular flexibility index (Phi) is 6.13. The fourth-order valence-electron chi connectivity index (χ4n) is 2.62. The first kappa shape index (κ1) is 19.9. The molecular weight excluding hydrogens is 379 g/mol. The summed E-state index contributed by atoms with van der Waals surface area (Å²) in [4.78, 5) is 12.4. The van der Waals surface area contributed by atoms with Crippen molar-refractivity contribution in [3.8, 4) is 28.6 Å². The SMILES string of the molecule is COc1cc(C(=O)NN=Cc2ccc(-c3ccc(F)cc3)o2)cc(OC)c1OC. The minimum Gasteiger partial charge on any atom is -0.493 e. The molecule has 1 amide bonds. The van der Waals surface area contributed by atoms with E-state index in [1.807, 2.05) is 0 Å². The second-order valence-electron chi connectivity index (χ2n) is 5.82. The second-order valence-corrected chi connectivity index (χ2v) is 5.82. The summed E-state index contributed by atoms with van der Waals surface area (Å²) in [6, 6.07) is 12.4. The number of rotatable bonds is 7. The van der Waals surface area contributed by atoms with Crippen molar-refractivity contribution >= 4 is 12.1 Å². The summed E-state index contributed by atoms with van der Waals surface area (Å²) in [5.74, 6) is 1.30. The molecule has 150 valence electrons. The van der Waals surface area contributed by atoms with E-state index in [2.05, 4.69) is 10.5 Å². The Hall–Kier alpha value is -3.81. The van der Waals surface area contributed by atoms with Crippen LogP contribution < -0.4 is 19.6 Å². The number of hydrazone groups is 1. The number of nitrogens with one attached hydrogen (secondary N) is 1. The molecule has 0 bridgehead atoms. The van der Waals surface area contributed by atoms with Gasteiger partial charge in [-0.25, -0.2) is 9.82 Å². The van der Waals surface area contributed by atoms with Gasteiger partial charge in [0.15, 0.2) is 11.5 Å². The molecule has 0 aliphatic carbocycles. The van der Waals surface area contributed by atoms with Gasteiger partial charge in [0, 0.05) is 11.1 Å². The Bertz CT molecular complexity index is 1000. The quantitative estimate of drug-likeness (QED) is 0.483. The van der Waals surface area contributed by atoms with Crippen molar-refractivity contribution in [3.05, 3.63) is 65.7 Å². The molecule has 0 aliphatic heterocycles. The molecule has 29 heavy (non-hydrogen) atoms. The van der Waals surface area contributed by atoms with E-state index in [1.54, 1.807) is 24.3 Å². The number of hydrogen-bond donors (Lipinski definition) is 1. The van der Waals surface area contributed by atoms with Crippen LogP contribution in [0.3, 0.4) is 0 Å². The molecule has 8 heteroatoms. The molecule has 7 nitrogen and oxygen atoms in total. The predicted molar refractivity (Wildman–Crippen MR) is 105 cm³/mol. The summed E-state index contributed by atoms with van der Waals surface area (Å²) in [5, 5.41) is 3.90. The van der Waals surface area contributed by atoms with E-state index < -0.39 is 5.91 Å². The zero-order valence-corrected chi connectivity index (χ0v) is 16.1. The summed E-state index contributed by atoms with van der Waals surface area (Å²) in [6.45, 7) is 0. The van der Waals surface area contributed by atoms with Crippen LogP contribution in [0.5, 0.6) is 17.2 Å². The average molecular weight is 398 g/mol. The van der Waals surface area contributed by atoms with Gasteiger partial charge < -0.3 is 18.6 Å². The Morgan fingerprint density at radius 3 is 2.24 bits per heavy atom. The molecule has 0 spiro atoms. The van der Waals surface area contributed by atoms with Crippen LogP contribution in [0.15, 0.2) is 58.0 Å². The monoisotopic (exact) mass is 398 g/mol. The van der Waals surface area contributed by atoms with Crippen LogP contribution >= 0.6 is 0 Å². The normalized spacial score (nSPS) is 10.8. The van der Waals surface area contributed by atoms with Crippen molar-refractivity contribution in [1.82, 2.24) is 5.43 Å². The lowest BCUT2D eigenvalue weighted by atomic mass is 10.1. The van der Waals surface area contributed by atoms with Crippen molar-refractivity contribution in [2.45, 2.75) is 0 Å².